The largest absolute Gasteiger partial charge is 0.494 e. The molecule has 4 aromatic rings. The summed E-state index contributed by atoms with van der Waals surface area (Å²) in [6, 6.07) is 32.8. The van der Waals surface area contributed by atoms with Crippen LogP contribution in [0.3, 0.4) is 0 Å². The summed E-state index contributed by atoms with van der Waals surface area (Å²) in [7, 11) is -3.77. The maximum Gasteiger partial charge on any atom is 0.266 e. The molecule has 1 heterocycles. The molecule has 0 aliphatic carbocycles. The zero-order valence-electron chi connectivity index (χ0n) is 25.3. The summed E-state index contributed by atoms with van der Waals surface area (Å²) in [6.45, 7) is 4.37. The van der Waals surface area contributed by atoms with Gasteiger partial charge in [0.15, 0.2) is 21.5 Å². The van der Waals surface area contributed by atoms with Gasteiger partial charge in [-0.05, 0) is 53.1 Å². The topological polar surface area (TPSA) is 126 Å². The molecule has 0 fully saturated rings. The van der Waals surface area contributed by atoms with Crippen LogP contribution in [-0.2, 0) is 19.4 Å². The van der Waals surface area contributed by atoms with Crippen LogP contribution >= 0.6 is 0 Å². The zero-order chi connectivity index (χ0) is 32.4. The summed E-state index contributed by atoms with van der Waals surface area (Å²) < 4.78 is 39.1. The highest BCUT2D eigenvalue weighted by atomic mass is 32.2. The number of carbonyl (C=O) groups is 1. The summed E-state index contributed by atoms with van der Waals surface area (Å²) in [6.07, 6.45) is 1.01. The molecule has 0 radical (unpaired) electrons. The van der Waals surface area contributed by atoms with E-state index in [1.807, 2.05) is 54.6 Å². The number of nitrogens with zero attached hydrogens (tertiary/aromatic N) is 1. The smallest absolute Gasteiger partial charge is 0.266 e. The molecule has 3 N–H and O–H groups in total. The molecule has 1 aliphatic heterocycles. The number of ether oxygens (including phenoxy) is 2. The number of sulfone groups is 1. The number of hydrogen-bond acceptors (Lipinski definition) is 8. The fourth-order valence-electron chi connectivity index (χ4n) is 5.20. The van der Waals surface area contributed by atoms with Gasteiger partial charge in [-0.25, -0.2) is 18.8 Å². The van der Waals surface area contributed by atoms with Gasteiger partial charge < -0.3 is 14.6 Å². The van der Waals surface area contributed by atoms with Gasteiger partial charge in [-0.15, -0.1) is 6.58 Å². The molecule has 10 heteroatoms. The van der Waals surface area contributed by atoms with Crippen molar-refractivity contribution < 1.29 is 27.8 Å². The van der Waals surface area contributed by atoms with Crippen LogP contribution in [-0.4, -0.2) is 56.4 Å². The maximum absolute atomic E-state index is 14.1. The van der Waals surface area contributed by atoms with Gasteiger partial charge in [0.1, 0.15) is 5.75 Å². The molecule has 1 amide bonds. The number of aliphatic hydroxyl groups is 1. The highest BCUT2D eigenvalue weighted by Crippen LogP contribution is 2.43. The molecule has 0 spiro atoms. The number of carbonyl (C=O) groups excluding carboxylic acids is 1. The van der Waals surface area contributed by atoms with Crippen molar-refractivity contribution in [3.05, 3.63) is 133 Å². The van der Waals surface area contributed by atoms with Crippen LogP contribution in [0.1, 0.15) is 30.1 Å². The van der Waals surface area contributed by atoms with Gasteiger partial charge in [0.05, 0.1) is 17.3 Å². The number of aliphatic imine (C=N–C) groups is 1. The number of nitrogens with one attached hydrogen (secondary N) is 2. The molecule has 4 aromatic carbocycles. The van der Waals surface area contributed by atoms with E-state index in [1.54, 1.807) is 48.5 Å². The minimum atomic E-state index is -3.77. The fraction of sp³-hybridized carbons (Fsp3) is 0.222. The Labute approximate surface area is 269 Å². The van der Waals surface area contributed by atoms with Gasteiger partial charge in [-0.1, -0.05) is 78.9 Å². The van der Waals surface area contributed by atoms with E-state index >= 15 is 0 Å². The predicted molar refractivity (Wildman–Crippen MR) is 178 cm³/mol. The van der Waals surface area contributed by atoms with Crippen molar-refractivity contribution >= 4 is 21.6 Å². The molecular weight excluding hydrogens is 602 g/mol. The molecule has 2 atom stereocenters. The van der Waals surface area contributed by atoms with E-state index in [0.29, 0.717) is 29.9 Å². The number of rotatable bonds is 15. The maximum atomic E-state index is 14.1. The average Bonchev–Trinajstić information content (AvgIpc) is 3.50. The van der Waals surface area contributed by atoms with Gasteiger partial charge in [-0.2, -0.15) is 0 Å². The minimum Gasteiger partial charge on any atom is -0.494 e. The number of benzene rings is 4. The van der Waals surface area contributed by atoms with E-state index in [0.717, 1.165) is 11.1 Å². The first kappa shape index (κ1) is 32.6. The molecule has 9 nitrogen and oxygen atoms in total. The zero-order valence-corrected chi connectivity index (χ0v) is 26.2. The van der Waals surface area contributed by atoms with Crippen LogP contribution in [0.2, 0.25) is 0 Å². The van der Waals surface area contributed by atoms with Crippen molar-refractivity contribution in [1.82, 2.24) is 10.9 Å². The molecule has 0 saturated heterocycles. The number of amides is 1. The van der Waals surface area contributed by atoms with Crippen LogP contribution in [0.4, 0.5) is 0 Å². The Balaban J connectivity index is 1.55. The van der Waals surface area contributed by atoms with Crippen LogP contribution in [0.25, 0.3) is 11.1 Å². The standard InChI is InChI=1S/C36H37N3O6S/c1-2-23-37-39-35(41)36(22-26-46(42,43)32-12-7-4-8-13-32)33(29-16-14-28(15-17-29)27-10-5-3-6-11-27)45-34(38-36)30-18-20-31(21-19-30)44-25-9-24-40/h2-8,10-21,33,37,40H,1,9,22-26H2,(H,39,41)/t33-,36-/m0/s1. The third kappa shape index (κ3) is 7.54. The van der Waals surface area contributed by atoms with E-state index in [2.05, 4.69) is 17.4 Å². The Morgan fingerprint density at radius 3 is 2.20 bits per heavy atom. The molecule has 0 bridgehead atoms. The van der Waals surface area contributed by atoms with Gasteiger partial charge in [0.25, 0.3) is 5.91 Å². The molecule has 0 aromatic heterocycles. The Hall–Kier alpha value is -4.77. The first-order valence-electron chi connectivity index (χ1n) is 15.0. The van der Waals surface area contributed by atoms with Crippen LogP contribution in [0, 0.1) is 0 Å². The van der Waals surface area contributed by atoms with Crippen molar-refractivity contribution in [2.75, 3.05) is 25.5 Å². The van der Waals surface area contributed by atoms with E-state index in [9.17, 15) is 13.2 Å². The molecule has 0 unspecified atom stereocenters. The first-order valence-corrected chi connectivity index (χ1v) is 16.7. The highest BCUT2D eigenvalue weighted by Gasteiger charge is 2.53. The lowest BCUT2D eigenvalue weighted by Gasteiger charge is -2.30. The molecule has 5 rings (SSSR count). The number of hydrogen-bond donors (Lipinski definition) is 3. The minimum absolute atomic E-state index is 0.0300. The molecule has 238 valence electrons. The van der Waals surface area contributed by atoms with Crippen molar-refractivity contribution in [3.63, 3.8) is 0 Å². The second kappa shape index (κ2) is 15.0. The van der Waals surface area contributed by atoms with Gasteiger partial charge >= 0.3 is 0 Å². The van der Waals surface area contributed by atoms with Crippen LogP contribution < -0.4 is 15.6 Å². The van der Waals surface area contributed by atoms with Crippen molar-refractivity contribution in [3.8, 4) is 16.9 Å². The Morgan fingerprint density at radius 2 is 1.54 bits per heavy atom. The molecule has 0 saturated carbocycles. The van der Waals surface area contributed by atoms with Crippen molar-refractivity contribution in [1.29, 1.82) is 0 Å². The van der Waals surface area contributed by atoms with Crippen LogP contribution in [0.15, 0.2) is 132 Å². The van der Waals surface area contributed by atoms with E-state index in [-0.39, 0.29) is 36.1 Å². The molecular formula is C36H37N3O6S. The lowest BCUT2D eigenvalue weighted by atomic mass is 9.84. The Bertz CT molecular complexity index is 1750. The summed E-state index contributed by atoms with van der Waals surface area (Å²) in [5.41, 5.74) is 7.17. The second-order valence-corrected chi connectivity index (χ2v) is 12.9. The number of aliphatic hydroxyl groups excluding tert-OH is 1. The Morgan fingerprint density at radius 1 is 0.913 bits per heavy atom. The lowest BCUT2D eigenvalue weighted by molar-refractivity contribution is -0.130. The Kier molecular flexibility index (Phi) is 10.6. The third-order valence-electron chi connectivity index (χ3n) is 7.65. The number of hydrazine groups is 1. The van der Waals surface area contributed by atoms with E-state index in [4.69, 9.17) is 19.6 Å². The fourth-order valence-corrected chi connectivity index (χ4v) is 6.59. The summed E-state index contributed by atoms with van der Waals surface area (Å²) >= 11 is 0. The first-order chi connectivity index (χ1) is 22.4. The summed E-state index contributed by atoms with van der Waals surface area (Å²) in [5.74, 6) is -0.0680. The monoisotopic (exact) mass is 639 g/mol. The normalized spacial score (nSPS) is 17.5. The van der Waals surface area contributed by atoms with E-state index < -0.39 is 27.4 Å². The van der Waals surface area contributed by atoms with Gasteiger partial charge in [0.2, 0.25) is 5.90 Å². The van der Waals surface area contributed by atoms with Crippen molar-refractivity contribution in [2.45, 2.75) is 29.4 Å². The third-order valence-corrected chi connectivity index (χ3v) is 9.39. The average molecular weight is 640 g/mol. The summed E-state index contributed by atoms with van der Waals surface area (Å²) in [5, 5.41) is 9.05. The van der Waals surface area contributed by atoms with Crippen molar-refractivity contribution in [2.24, 2.45) is 4.99 Å². The summed E-state index contributed by atoms with van der Waals surface area (Å²) in [4.78, 5) is 19.2. The molecule has 46 heavy (non-hydrogen) atoms. The van der Waals surface area contributed by atoms with E-state index in [1.165, 1.54) is 12.1 Å². The second-order valence-electron chi connectivity index (χ2n) is 10.8. The SMILES string of the molecule is C=CCNNC(=O)[C@@]1(CCS(=O)(=O)c2ccccc2)N=C(c2ccc(OCCCO)cc2)O[C@H]1c1ccc(-c2ccccc2)cc1. The van der Waals surface area contributed by atoms with Gasteiger partial charge in [0, 0.05) is 31.6 Å². The predicted octanol–water partition coefficient (Wildman–Crippen LogP) is 5.04. The van der Waals surface area contributed by atoms with Gasteiger partial charge in [-0.3, -0.25) is 10.2 Å². The molecule has 1 aliphatic rings. The quantitative estimate of drug-likeness (QED) is 0.0945. The highest BCUT2D eigenvalue weighted by molar-refractivity contribution is 7.91. The van der Waals surface area contributed by atoms with Crippen LogP contribution in [0.5, 0.6) is 5.75 Å². The lowest BCUT2D eigenvalue weighted by Crippen LogP contribution is -2.53.